The Kier molecular flexibility index (Phi) is 3.54. The lowest BCUT2D eigenvalue weighted by Crippen LogP contribution is -2.40. The van der Waals surface area contributed by atoms with Gasteiger partial charge in [-0.05, 0) is 18.3 Å². The van der Waals surface area contributed by atoms with Crippen molar-refractivity contribution in [3.05, 3.63) is 20.8 Å². The third kappa shape index (κ3) is 2.32. The van der Waals surface area contributed by atoms with Gasteiger partial charge in [-0.15, -0.1) is 5.10 Å². The highest BCUT2D eigenvalue weighted by molar-refractivity contribution is 5.29. The van der Waals surface area contributed by atoms with E-state index >= 15 is 0 Å². The van der Waals surface area contributed by atoms with Crippen LogP contribution in [-0.4, -0.2) is 20.9 Å². The van der Waals surface area contributed by atoms with Gasteiger partial charge in [0.05, 0.1) is 0 Å². The molecule has 0 aromatic carbocycles. The highest BCUT2D eigenvalue weighted by Crippen LogP contribution is 2.30. The molecule has 1 aromatic heterocycles. The van der Waals surface area contributed by atoms with Crippen LogP contribution in [0.15, 0.2) is 9.59 Å². The van der Waals surface area contributed by atoms with Gasteiger partial charge in [0.2, 0.25) is 5.82 Å². The van der Waals surface area contributed by atoms with Gasteiger partial charge in [-0.2, -0.15) is 0 Å². The molecule has 1 heterocycles. The zero-order valence-electron chi connectivity index (χ0n) is 11.1. The SMILES string of the molecule is CC1CCCC1CNc1nn(C)c(=O)n(C)c1=O. The highest BCUT2D eigenvalue weighted by atomic mass is 16.2. The molecule has 2 atom stereocenters. The van der Waals surface area contributed by atoms with Crippen LogP contribution >= 0.6 is 0 Å². The van der Waals surface area contributed by atoms with E-state index in [0.717, 1.165) is 11.1 Å². The fourth-order valence-electron chi connectivity index (χ4n) is 2.56. The smallest absolute Gasteiger partial charge is 0.346 e. The van der Waals surface area contributed by atoms with Crippen LogP contribution in [0.4, 0.5) is 5.82 Å². The van der Waals surface area contributed by atoms with Crippen LogP contribution in [0.25, 0.3) is 0 Å². The predicted octanol–water partition coefficient (Wildman–Crippen LogP) is 0.327. The van der Waals surface area contributed by atoms with Crippen LogP contribution in [0.5, 0.6) is 0 Å². The van der Waals surface area contributed by atoms with Gasteiger partial charge in [-0.25, -0.2) is 9.48 Å². The first kappa shape index (κ1) is 12.9. The number of nitrogens with one attached hydrogen (secondary N) is 1. The van der Waals surface area contributed by atoms with Gasteiger partial charge >= 0.3 is 5.69 Å². The molecule has 1 aliphatic rings. The summed E-state index contributed by atoms with van der Waals surface area (Å²) in [4.78, 5) is 23.3. The van der Waals surface area contributed by atoms with Gasteiger partial charge < -0.3 is 5.32 Å². The summed E-state index contributed by atoms with van der Waals surface area (Å²) in [5.74, 6) is 1.54. The summed E-state index contributed by atoms with van der Waals surface area (Å²) in [6, 6.07) is 0. The number of hydrogen-bond donors (Lipinski definition) is 1. The highest BCUT2D eigenvalue weighted by Gasteiger charge is 2.23. The first-order valence-electron chi connectivity index (χ1n) is 6.39. The summed E-state index contributed by atoms with van der Waals surface area (Å²) in [6.45, 7) is 2.99. The molecule has 0 radical (unpaired) electrons. The van der Waals surface area contributed by atoms with E-state index in [1.807, 2.05) is 0 Å². The maximum absolute atomic E-state index is 11.9. The Morgan fingerprint density at radius 3 is 2.67 bits per heavy atom. The van der Waals surface area contributed by atoms with E-state index in [0.29, 0.717) is 11.8 Å². The Bertz CT molecular complexity index is 546. The molecule has 18 heavy (non-hydrogen) atoms. The number of nitrogens with zero attached hydrogens (tertiary/aromatic N) is 3. The Labute approximate surface area is 106 Å². The van der Waals surface area contributed by atoms with Gasteiger partial charge in [-0.3, -0.25) is 9.36 Å². The van der Waals surface area contributed by atoms with E-state index in [1.165, 1.54) is 31.0 Å². The Morgan fingerprint density at radius 2 is 2.06 bits per heavy atom. The fourth-order valence-corrected chi connectivity index (χ4v) is 2.56. The molecule has 1 fully saturated rings. The predicted molar refractivity (Wildman–Crippen MR) is 69.7 cm³/mol. The Balaban J connectivity index is 2.15. The maximum Gasteiger partial charge on any atom is 0.346 e. The molecule has 1 aromatic rings. The van der Waals surface area contributed by atoms with Crippen molar-refractivity contribution in [3.63, 3.8) is 0 Å². The maximum atomic E-state index is 11.9. The van der Waals surface area contributed by atoms with E-state index < -0.39 is 5.69 Å². The monoisotopic (exact) mass is 252 g/mol. The van der Waals surface area contributed by atoms with Crippen LogP contribution in [0.1, 0.15) is 26.2 Å². The summed E-state index contributed by atoms with van der Waals surface area (Å²) >= 11 is 0. The zero-order chi connectivity index (χ0) is 13.3. The van der Waals surface area contributed by atoms with Crippen molar-refractivity contribution in [1.82, 2.24) is 14.3 Å². The van der Waals surface area contributed by atoms with E-state index in [-0.39, 0.29) is 11.4 Å². The average Bonchev–Trinajstić information content (AvgIpc) is 2.75. The second kappa shape index (κ2) is 4.96. The zero-order valence-corrected chi connectivity index (χ0v) is 11.1. The number of rotatable bonds is 3. The van der Waals surface area contributed by atoms with Crippen LogP contribution in [-0.2, 0) is 14.1 Å². The molecule has 0 saturated heterocycles. The minimum absolute atomic E-state index is 0.263. The standard InChI is InChI=1S/C12H20N4O2/c1-8-5-4-6-9(8)7-13-10-11(17)15(2)12(18)16(3)14-10/h8-9H,4-7H2,1-3H3,(H,13,14). The average molecular weight is 252 g/mol. The molecule has 6 nitrogen and oxygen atoms in total. The molecule has 2 rings (SSSR count). The number of aromatic nitrogens is 3. The molecule has 6 heteroatoms. The third-order valence-corrected chi connectivity index (χ3v) is 3.89. The summed E-state index contributed by atoms with van der Waals surface area (Å²) in [5, 5.41) is 7.07. The lowest BCUT2D eigenvalue weighted by atomic mass is 9.98. The van der Waals surface area contributed by atoms with Gasteiger partial charge in [0.15, 0.2) is 0 Å². The summed E-state index contributed by atoms with van der Waals surface area (Å²) in [6.07, 6.45) is 3.71. The number of aryl methyl sites for hydroxylation is 1. The lowest BCUT2D eigenvalue weighted by molar-refractivity contribution is 0.438. The van der Waals surface area contributed by atoms with Crippen molar-refractivity contribution in [3.8, 4) is 0 Å². The van der Waals surface area contributed by atoms with E-state index in [2.05, 4.69) is 17.3 Å². The molecule has 0 aliphatic heterocycles. The summed E-state index contributed by atoms with van der Waals surface area (Å²) in [7, 11) is 3.01. The van der Waals surface area contributed by atoms with Crippen LogP contribution in [0, 0.1) is 11.8 Å². The first-order chi connectivity index (χ1) is 8.50. The summed E-state index contributed by atoms with van der Waals surface area (Å²) in [5.41, 5.74) is -0.761. The molecular weight excluding hydrogens is 232 g/mol. The van der Waals surface area contributed by atoms with E-state index in [1.54, 1.807) is 7.05 Å². The fraction of sp³-hybridized carbons (Fsp3) is 0.750. The molecule has 1 aliphatic carbocycles. The molecule has 1 N–H and O–H groups in total. The van der Waals surface area contributed by atoms with E-state index in [9.17, 15) is 9.59 Å². The van der Waals surface area contributed by atoms with Crippen molar-refractivity contribution in [1.29, 1.82) is 0 Å². The van der Waals surface area contributed by atoms with Crippen LogP contribution < -0.4 is 16.6 Å². The number of anilines is 1. The largest absolute Gasteiger partial charge is 0.364 e. The third-order valence-electron chi connectivity index (χ3n) is 3.89. The van der Waals surface area contributed by atoms with Crippen molar-refractivity contribution < 1.29 is 0 Å². The van der Waals surface area contributed by atoms with Crippen molar-refractivity contribution in [2.24, 2.45) is 25.9 Å². The van der Waals surface area contributed by atoms with Crippen molar-refractivity contribution >= 4 is 5.82 Å². The topological polar surface area (TPSA) is 68.9 Å². The lowest BCUT2D eigenvalue weighted by Gasteiger charge is -2.16. The molecule has 0 spiro atoms. The van der Waals surface area contributed by atoms with E-state index in [4.69, 9.17) is 0 Å². The van der Waals surface area contributed by atoms with Crippen molar-refractivity contribution in [2.45, 2.75) is 26.2 Å². The quantitative estimate of drug-likeness (QED) is 0.841. The Hall–Kier alpha value is -1.59. The molecule has 100 valence electrons. The van der Waals surface area contributed by atoms with Gasteiger partial charge in [0.25, 0.3) is 5.56 Å². The second-order valence-corrected chi connectivity index (χ2v) is 5.17. The minimum atomic E-state index is -0.403. The molecular formula is C12H20N4O2. The van der Waals surface area contributed by atoms with Gasteiger partial charge in [0.1, 0.15) is 0 Å². The van der Waals surface area contributed by atoms with Crippen LogP contribution in [0.3, 0.4) is 0 Å². The summed E-state index contributed by atoms with van der Waals surface area (Å²) < 4.78 is 2.26. The Morgan fingerprint density at radius 1 is 1.33 bits per heavy atom. The van der Waals surface area contributed by atoms with Crippen LogP contribution in [0.2, 0.25) is 0 Å². The minimum Gasteiger partial charge on any atom is -0.364 e. The molecule has 0 amide bonds. The molecule has 2 unspecified atom stereocenters. The van der Waals surface area contributed by atoms with Gasteiger partial charge in [0, 0.05) is 20.6 Å². The van der Waals surface area contributed by atoms with Crippen molar-refractivity contribution in [2.75, 3.05) is 11.9 Å². The second-order valence-electron chi connectivity index (χ2n) is 5.17. The first-order valence-corrected chi connectivity index (χ1v) is 6.39. The molecule has 0 bridgehead atoms. The normalized spacial score (nSPS) is 23.3. The molecule has 1 saturated carbocycles. The van der Waals surface area contributed by atoms with Gasteiger partial charge in [-0.1, -0.05) is 19.8 Å². The number of hydrogen-bond acceptors (Lipinski definition) is 4.